The molecule has 0 saturated heterocycles. The van der Waals surface area contributed by atoms with Crippen LogP contribution in [0.5, 0.6) is 0 Å². The summed E-state index contributed by atoms with van der Waals surface area (Å²) >= 11 is 2.43. The molecule has 0 aliphatic rings. The topological polar surface area (TPSA) is 43.4 Å². The molecular weight excluding hydrogens is 375 g/mol. The van der Waals surface area contributed by atoms with Crippen molar-refractivity contribution in [2.75, 3.05) is 12.4 Å². The standard InChI is InChI=1S/C18H36O3SSe/c1-2-3-4-5-6-7-8-9-10-11-12-13-14-17-22(19,20)21-16-15-18-23/h13-14,23H,2-12,15-18H2,1H3. The molecule has 0 fully saturated rings. The van der Waals surface area contributed by atoms with Gasteiger partial charge in [-0.05, 0) is 0 Å². The molecule has 0 rings (SSSR count). The number of allylic oxidation sites excluding steroid dienone is 1. The molecule has 138 valence electrons. The fourth-order valence-corrected chi connectivity index (χ4v) is 3.46. The second kappa shape index (κ2) is 17.0. The zero-order valence-electron chi connectivity index (χ0n) is 14.8. The van der Waals surface area contributed by atoms with Crippen LogP contribution in [0.15, 0.2) is 12.2 Å². The van der Waals surface area contributed by atoms with E-state index < -0.39 is 10.1 Å². The van der Waals surface area contributed by atoms with Crippen molar-refractivity contribution in [2.24, 2.45) is 0 Å². The fraction of sp³-hybridized carbons (Fsp3) is 0.889. The number of hydrogen-bond acceptors (Lipinski definition) is 3. The maximum atomic E-state index is 11.5. The van der Waals surface area contributed by atoms with Gasteiger partial charge in [0.1, 0.15) is 0 Å². The van der Waals surface area contributed by atoms with Gasteiger partial charge in [-0.2, -0.15) is 0 Å². The van der Waals surface area contributed by atoms with Crippen LogP contribution in [0, 0.1) is 0 Å². The molecule has 0 N–H and O–H groups in total. The van der Waals surface area contributed by atoms with E-state index in [0.29, 0.717) is 6.61 Å². The van der Waals surface area contributed by atoms with Gasteiger partial charge in [0.2, 0.25) is 0 Å². The van der Waals surface area contributed by atoms with Crippen LogP contribution in [0.4, 0.5) is 0 Å². The van der Waals surface area contributed by atoms with Crippen molar-refractivity contribution in [1.82, 2.24) is 0 Å². The van der Waals surface area contributed by atoms with E-state index >= 15 is 0 Å². The summed E-state index contributed by atoms with van der Waals surface area (Å²) in [5.74, 6) is 0.00330. The summed E-state index contributed by atoms with van der Waals surface area (Å²) in [6.45, 7) is 2.55. The molecule has 5 heteroatoms. The normalized spacial score (nSPS) is 12.3. The first kappa shape index (κ1) is 23.2. The first-order valence-electron chi connectivity index (χ1n) is 9.25. The Kier molecular flexibility index (Phi) is 17.1. The summed E-state index contributed by atoms with van der Waals surface area (Å²) in [5, 5.41) is 0.886. The van der Waals surface area contributed by atoms with Crippen LogP contribution in [0.3, 0.4) is 0 Å². The summed E-state index contributed by atoms with van der Waals surface area (Å²) < 4.78 is 27.9. The molecule has 0 aromatic carbocycles. The molecule has 0 bridgehead atoms. The van der Waals surface area contributed by atoms with E-state index in [1.54, 1.807) is 6.08 Å². The molecule has 0 saturated carbocycles. The maximum absolute atomic E-state index is 11.5. The number of unbranched alkanes of at least 4 members (excludes halogenated alkanes) is 10. The van der Waals surface area contributed by atoms with Crippen molar-refractivity contribution in [3.63, 3.8) is 0 Å². The Balaban J connectivity index is 3.37. The Morgan fingerprint density at radius 2 is 1.39 bits per heavy atom. The van der Waals surface area contributed by atoms with Crippen LogP contribution in [-0.2, 0) is 14.3 Å². The van der Waals surface area contributed by atoms with Crippen LogP contribution in [-0.4, -0.2) is 36.8 Å². The second-order valence-corrected chi connectivity index (χ2v) is 8.69. The third-order valence-corrected chi connectivity index (χ3v) is 5.55. The summed E-state index contributed by atoms with van der Waals surface area (Å²) in [4.78, 5) is 0. The second-order valence-electron chi connectivity index (χ2n) is 6.07. The van der Waals surface area contributed by atoms with Gasteiger partial charge in [0.25, 0.3) is 0 Å². The van der Waals surface area contributed by atoms with E-state index in [0.717, 1.165) is 24.6 Å². The predicted octanol–water partition coefficient (Wildman–Crippen LogP) is 4.91. The summed E-state index contributed by atoms with van der Waals surface area (Å²) in [7, 11) is -3.36. The van der Waals surface area contributed by atoms with Crippen LogP contribution in [0.2, 0.25) is 5.32 Å². The van der Waals surface area contributed by atoms with Gasteiger partial charge < -0.3 is 0 Å². The molecule has 23 heavy (non-hydrogen) atoms. The van der Waals surface area contributed by atoms with Gasteiger partial charge in [0.05, 0.1) is 0 Å². The summed E-state index contributed by atoms with van der Waals surface area (Å²) in [5.41, 5.74) is 0. The summed E-state index contributed by atoms with van der Waals surface area (Å²) in [6, 6.07) is 0. The molecule has 0 aliphatic carbocycles. The Bertz CT molecular complexity index is 366. The molecule has 0 aromatic rings. The predicted molar refractivity (Wildman–Crippen MR) is 102 cm³/mol. The monoisotopic (exact) mass is 412 g/mol. The molecule has 0 radical (unpaired) electrons. The number of rotatable bonds is 17. The summed E-state index contributed by atoms with van der Waals surface area (Å²) in [6.07, 6.45) is 18.7. The van der Waals surface area contributed by atoms with Crippen molar-refractivity contribution in [1.29, 1.82) is 0 Å². The fourth-order valence-electron chi connectivity index (χ4n) is 2.35. The van der Waals surface area contributed by atoms with Crippen LogP contribution in [0.25, 0.3) is 0 Å². The van der Waals surface area contributed by atoms with Crippen molar-refractivity contribution in [2.45, 2.75) is 89.3 Å². The quantitative estimate of drug-likeness (QED) is 0.148. The van der Waals surface area contributed by atoms with E-state index in [9.17, 15) is 8.42 Å². The van der Waals surface area contributed by atoms with Crippen molar-refractivity contribution < 1.29 is 12.6 Å². The van der Waals surface area contributed by atoms with E-state index in [1.807, 2.05) is 6.08 Å². The van der Waals surface area contributed by atoms with Crippen molar-refractivity contribution >= 4 is 26.1 Å². The van der Waals surface area contributed by atoms with Gasteiger partial charge in [-0.15, -0.1) is 0 Å². The molecule has 0 atom stereocenters. The number of hydrogen-bond donors (Lipinski definition) is 0. The minimum absolute atomic E-state index is 0.00330. The average molecular weight is 412 g/mol. The van der Waals surface area contributed by atoms with Gasteiger partial charge in [-0.25, -0.2) is 0 Å². The average Bonchev–Trinajstić information content (AvgIpc) is 2.52. The van der Waals surface area contributed by atoms with Crippen LogP contribution in [0.1, 0.15) is 84.0 Å². The van der Waals surface area contributed by atoms with Gasteiger partial charge in [0, 0.05) is 0 Å². The van der Waals surface area contributed by atoms with Crippen molar-refractivity contribution in [3.8, 4) is 0 Å². The molecule has 0 aromatic heterocycles. The molecule has 3 nitrogen and oxygen atoms in total. The first-order valence-corrected chi connectivity index (χ1v) is 12.2. The van der Waals surface area contributed by atoms with Crippen LogP contribution >= 0.6 is 0 Å². The minimum atomic E-state index is -3.36. The Morgan fingerprint density at radius 3 is 1.96 bits per heavy atom. The Hall–Kier alpha value is 0.169. The molecule has 0 aliphatic heterocycles. The molecule has 0 heterocycles. The molecule has 0 unspecified atom stereocenters. The van der Waals surface area contributed by atoms with Gasteiger partial charge in [-0.1, -0.05) is 51.9 Å². The van der Waals surface area contributed by atoms with Gasteiger partial charge in [-0.3, -0.25) is 0 Å². The molecule has 0 amide bonds. The Morgan fingerprint density at radius 1 is 0.826 bits per heavy atom. The van der Waals surface area contributed by atoms with E-state index in [4.69, 9.17) is 4.18 Å². The Labute approximate surface area is 152 Å². The van der Waals surface area contributed by atoms with Gasteiger partial charge in [0.15, 0.2) is 0 Å². The van der Waals surface area contributed by atoms with E-state index in [-0.39, 0.29) is 5.75 Å². The molecular formula is C18H36O3SSe. The first-order chi connectivity index (χ1) is 11.1. The zero-order chi connectivity index (χ0) is 17.2. The van der Waals surface area contributed by atoms with Gasteiger partial charge >= 0.3 is 101 Å². The van der Waals surface area contributed by atoms with Crippen LogP contribution < -0.4 is 0 Å². The van der Waals surface area contributed by atoms with E-state index in [1.165, 1.54) is 57.8 Å². The SMILES string of the molecule is CCCCCCCCCCCCC=CCS(=O)(=O)OCCC[SeH]. The molecule has 0 spiro atoms. The zero-order valence-corrected chi connectivity index (χ0v) is 17.5. The van der Waals surface area contributed by atoms with Crippen molar-refractivity contribution in [3.05, 3.63) is 12.2 Å². The third kappa shape index (κ3) is 18.3. The third-order valence-electron chi connectivity index (χ3n) is 3.76. The van der Waals surface area contributed by atoms with E-state index in [2.05, 4.69) is 22.9 Å².